The lowest BCUT2D eigenvalue weighted by Gasteiger charge is -2.08. The van der Waals surface area contributed by atoms with Gasteiger partial charge in [0.05, 0.1) is 16.1 Å². The summed E-state index contributed by atoms with van der Waals surface area (Å²) in [5, 5.41) is 31.2. The maximum Gasteiger partial charge on any atom is 0.343 e. The van der Waals surface area contributed by atoms with E-state index in [4.69, 9.17) is 10.2 Å². The van der Waals surface area contributed by atoms with E-state index >= 15 is 0 Å². The van der Waals surface area contributed by atoms with Crippen molar-refractivity contribution >= 4 is 29.2 Å². The highest BCUT2D eigenvalue weighted by Crippen LogP contribution is 2.23. The maximum absolute atomic E-state index is 12.2. The van der Waals surface area contributed by atoms with Gasteiger partial charge in [-0.25, -0.2) is 9.59 Å². The van der Waals surface area contributed by atoms with E-state index in [2.05, 4.69) is 5.32 Å². The number of carboxylic acid groups (broad SMARTS) is 2. The average Bonchev–Trinajstić information content (AvgIpc) is 2.54. The Morgan fingerprint density at radius 3 is 2.08 bits per heavy atom. The molecule has 3 N–H and O–H groups in total. The molecule has 0 aliphatic rings. The molecule has 2 rings (SSSR count). The summed E-state index contributed by atoms with van der Waals surface area (Å²) < 4.78 is 0. The standard InChI is InChI=1S/C15H10N2O7/c18-13(16-9-6-4-8(5-7-9)14(19)20)10-2-1-3-11(17(23)24)12(10)15(21)22/h1-7H,(H,16,18)(H,19,20)(H,21,22). The number of carbonyl (C=O) groups is 3. The second-order valence-corrected chi connectivity index (χ2v) is 4.60. The van der Waals surface area contributed by atoms with Crippen molar-refractivity contribution in [2.45, 2.75) is 0 Å². The summed E-state index contributed by atoms with van der Waals surface area (Å²) in [6, 6.07) is 8.48. The fraction of sp³-hybridized carbons (Fsp3) is 0. The zero-order valence-electron chi connectivity index (χ0n) is 11.9. The number of benzene rings is 2. The first-order chi connectivity index (χ1) is 11.3. The van der Waals surface area contributed by atoms with Crippen LogP contribution in [-0.4, -0.2) is 33.0 Å². The van der Waals surface area contributed by atoms with Crippen LogP contribution in [0.2, 0.25) is 0 Å². The van der Waals surface area contributed by atoms with Gasteiger partial charge in [0.15, 0.2) is 0 Å². The summed E-state index contributed by atoms with van der Waals surface area (Å²) in [6.07, 6.45) is 0. The maximum atomic E-state index is 12.2. The van der Waals surface area contributed by atoms with Crippen molar-refractivity contribution < 1.29 is 29.5 Å². The molecule has 0 bridgehead atoms. The number of anilines is 1. The number of nitro benzene ring substituents is 1. The second-order valence-electron chi connectivity index (χ2n) is 4.60. The molecule has 2 aromatic carbocycles. The third kappa shape index (κ3) is 3.35. The predicted molar refractivity (Wildman–Crippen MR) is 81.4 cm³/mol. The molecule has 1 amide bonds. The minimum absolute atomic E-state index is 0.00886. The minimum Gasteiger partial charge on any atom is -0.478 e. The molecule has 0 aliphatic heterocycles. The number of amides is 1. The van der Waals surface area contributed by atoms with Gasteiger partial charge in [-0.2, -0.15) is 0 Å². The van der Waals surface area contributed by atoms with Crippen LogP contribution in [-0.2, 0) is 0 Å². The number of aromatic carboxylic acids is 2. The monoisotopic (exact) mass is 330 g/mol. The highest BCUT2D eigenvalue weighted by atomic mass is 16.6. The van der Waals surface area contributed by atoms with Gasteiger partial charge >= 0.3 is 11.9 Å². The Balaban J connectivity index is 2.36. The van der Waals surface area contributed by atoms with Crippen LogP contribution in [0, 0.1) is 10.1 Å². The van der Waals surface area contributed by atoms with E-state index < -0.39 is 34.0 Å². The Kier molecular flexibility index (Phi) is 4.55. The van der Waals surface area contributed by atoms with Gasteiger partial charge in [0.1, 0.15) is 5.56 Å². The second kappa shape index (κ2) is 6.57. The topological polar surface area (TPSA) is 147 Å². The zero-order chi connectivity index (χ0) is 17.9. The Morgan fingerprint density at radius 1 is 0.958 bits per heavy atom. The summed E-state index contributed by atoms with van der Waals surface area (Å²) in [5.41, 5.74) is -1.57. The molecular weight excluding hydrogens is 320 g/mol. The quantitative estimate of drug-likeness (QED) is 0.562. The first-order valence-corrected chi connectivity index (χ1v) is 6.46. The molecule has 0 atom stereocenters. The van der Waals surface area contributed by atoms with Crippen molar-refractivity contribution in [2.75, 3.05) is 5.32 Å². The van der Waals surface area contributed by atoms with Crippen LogP contribution >= 0.6 is 0 Å². The van der Waals surface area contributed by atoms with Crippen LogP contribution in [0.15, 0.2) is 42.5 Å². The van der Waals surface area contributed by atoms with Crippen molar-refractivity contribution in [1.29, 1.82) is 0 Å². The highest BCUT2D eigenvalue weighted by molar-refractivity contribution is 6.12. The van der Waals surface area contributed by atoms with Gasteiger partial charge in [-0.1, -0.05) is 6.07 Å². The van der Waals surface area contributed by atoms with Crippen LogP contribution in [0.1, 0.15) is 31.1 Å². The third-order valence-electron chi connectivity index (χ3n) is 3.09. The SMILES string of the molecule is O=C(O)c1ccc(NC(=O)c2cccc([N+](=O)[O-])c2C(=O)O)cc1. The first-order valence-electron chi connectivity index (χ1n) is 6.46. The Labute approximate surface area is 134 Å². The third-order valence-corrected chi connectivity index (χ3v) is 3.09. The van der Waals surface area contributed by atoms with Gasteiger partial charge in [0, 0.05) is 11.8 Å². The van der Waals surface area contributed by atoms with Gasteiger partial charge in [0.25, 0.3) is 11.6 Å². The summed E-state index contributed by atoms with van der Waals surface area (Å²) >= 11 is 0. The molecule has 9 heteroatoms. The van der Waals surface area contributed by atoms with E-state index in [9.17, 15) is 24.5 Å². The molecule has 0 fully saturated rings. The van der Waals surface area contributed by atoms with Crippen LogP contribution in [0.3, 0.4) is 0 Å². The molecule has 0 unspecified atom stereocenters. The van der Waals surface area contributed by atoms with Gasteiger partial charge in [-0.15, -0.1) is 0 Å². The first kappa shape index (κ1) is 16.6. The predicted octanol–water partition coefficient (Wildman–Crippen LogP) is 2.24. The number of carboxylic acids is 2. The smallest absolute Gasteiger partial charge is 0.343 e. The Hall–Kier alpha value is -3.75. The van der Waals surface area contributed by atoms with Crippen LogP contribution in [0.25, 0.3) is 0 Å². The number of hydrogen-bond donors (Lipinski definition) is 3. The summed E-state index contributed by atoms with van der Waals surface area (Å²) in [6.45, 7) is 0. The summed E-state index contributed by atoms with van der Waals surface area (Å²) in [5.74, 6) is -3.60. The molecular formula is C15H10N2O7. The normalized spacial score (nSPS) is 10.0. The molecule has 0 radical (unpaired) electrons. The number of carbonyl (C=O) groups excluding carboxylic acids is 1. The van der Waals surface area contributed by atoms with Gasteiger partial charge in [-0.3, -0.25) is 14.9 Å². The largest absolute Gasteiger partial charge is 0.478 e. The summed E-state index contributed by atoms with van der Waals surface area (Å²) in [7, 11) is 0. The van der Waals surface area contributed by atoms with Crippen molar-refractivity contribution in [2.24, 2.45) is 0 Å². The molecule has 0 saturated carbocycles. The molecule has 0 spiro atoms. The fourth-order valence-corrected chi connectivity index (χ4v) is 2.00. The molecule has 0 heterocycles. The molecule has 0 aliphatic carbocycles. The number of hydrogen-bond acceptors (Lipinski definition) is 5. The molecule has 9 nitrogen and oxygen atoms in total. The highest BCUT2D eigenvalue weighted by Gasteiger charge is 2.26. The van der Waals surface area contributed by atoms with E-state index in [0.717, 1.165) is 12.1 Å². The summed E-state index contributed by atoms with van der Waals surface area (Å²) in [4.78, 5) is 44.3. The van der Waals surface area contributed by atoms with Crippen LogP contribution < -0.4 is 5.32 Å². The van der Waals surface area contributed by atoms with Crippen molar-refractivity contribution in [3.05, 3.63) is 69.3 Å². The number of nitrogens with zero attached hydrogens (tertiary/aromatic N) is 1. The Morgan fingerprint density at radius 2 is 1.58 bits per heavy atom. The van der Waals surface area contributed by atoms with Crippen molar-refractivity contribution in [1.82, 2.24) is 0 Å². The number of rotatable bonds is 5. The van der Waals surface area contributed by atoms with Gasteiger partial charge in [-0.05, 0) is 30.3 Å². The van der Waals surface area contributed by atoms with Gasteiger partial charge in [0.2, 0.25) is 0 Å². The van der Waals surface area contributed by atoms with Crippen molar-refractivity contribution in [3.63, 3.8) is 0 Å². The van der Waals surface area contributed by atoms with E-state index in [1.54, 1.807) is 0 Å². The molecule has 24 heavy (non-hydrogen) atoms. The lowest BCUT2D eigenvalue weighted by Crippen LogP contribution is -2.17. The van der Waals surface area contributed by atoms with E-state index in [1.165, 1.54) is 30.3 Å². The molecule has 122 valence electrons. The van der Waals surface area contributed by atoms with Crippen LogP contribution in [0.5, 0.6) is 0 Å². The number of nitro groups is 1. The number of nitrogens with one attached hydrogen (secondary N) is 1. The van der Waals surface area contributed by atoms with Crippen molar-refractivity contribution in [3.8, 4) is 0 Å². The fourth-order valence-electron chi connectivity index (χ4n) is 2.00. The zero-order valence-corrected chi connectivity index (χ0v) is 11.9. The molecule has 0 aromatic heterocycles. The lowest BCUT2D eigenvalue weighted by molar-refractivity contribution is -0.385. The van der Waals surface area contributed by atoms with E-state index in [1.807, 2.05) is 0 Å². The molecule has 0 saturated heterocycles. The minimum atomic E-state index is -1.60. The molecule has 2 aromatic rings. The Bertz CT molecular complexity index is 843. The lowest BCUT2D eigenvalue weighted by atomic mass is 10.0. The van der Waals surface area contributed by atoms with Crippen LogP contribution in [0.4, 0.5) is 11.4 Å². The van der Waals surface area contributed by atoms with E-state index in [-0.39, 0.29) is 16.8 Å². The average molecular weight is 330 g/mol. The van der Waals surface area contributed by atoms with E-state index in [0.29, 0.717) is 0 Å². The van der Waals surface area contributed by atoms with Gasteiger partial charge < -0.3 is 15.5 Å².